The molecule has 0 spiro atoms. The summed E-state index contributed by atoms with van der Waals surface area (Å²) in [6, 6.07) is 0.274. The average Bonchev–Trinajstić information content (AvgIpc) is 2.57. The molecule has 1 heterocycles. The highest BCUT2D eigenvalue weighted by Crippen LogP contribution is 2.27. The number of amides is 1. The Bertz CT molecular complexity index is 234. The van der Waals surface area contributed by atoms with E-state index in [1.807, 2.05) is 0 Å². The molecule has 1 aliphatic heterocycles. The lowest BCUT2D eigenvalue weighted by Gasteiger charge is -2.23. The molecule has 0 aromatic rings. The monoisotopic (exact) mass is 224 g/mol. The Kier molecular flexibility index (Phi) is 4.22. The summed E-state index contributed by atoms with van der Waals surface area (Å²) >= 11 is 0. The molecule has 0 radical (unpaired) electrons. The van der Waals surface area contributed by atoms with E-state index in [2.05, 4.69) is 4.90 Å². The van der Waals surface area contributed by atoms with Crippen molar-refractivity contribution in [3.8, 4) is 0 Å². The summed E-state index contributed by atoms with van der Waals surface area (Å²) in [5.74, 6) is 0.806. The van der Waals surface area contributed by atoms with E-state index in [0.717, 1.165) is 25.9 Å². The van der Waals surface area contributed by atoms with Crippen LogP contribution in [0.2, 0.25) is 0 Å². The minimum atomic E-state index is 0.274. The van der Waals surface area contributed by atoms with Gasteiger partial charge in [0.25, 0.3) is 0 Å². The van der Waals surface area contributed by atoms with Crippen LogP contribution < -0.4 is 5.73 Å². The van der Waals surface area contributed by atoms with E-state index in [-0.39, 0.29) is 6.04 Å². The third-order valence-electron chi connectivity index (χ3n) is 4.11. The highest BCUT2D eigenvalue weighted by Gasteiger charge is 2.28. The fraction of sp³-hybridized carbons (Fsp3) is 0.923. The Balaban J connectivity index is 1.81. The van der Waals surface area contributed by atoms with E-state index < -0.39 is 0 Å². The zero-order valence-electron chi connectivity index (χ0n) is 10.2. The molecule has 0 bridgehead atoms. The maximum Gasteiger partial charge on any atom is 0.222 e. The molecule has 16 heavy (non-hydrogen) atoms. The van der Waals surface area contributed by atoms with Gasteiger partial charge in [-0.1, -0.05) is 19.3 Å². The molecule has 1 amide bonds. The van der Waals surface area contributed by atoms with Crippen LogP contribution in [0.4, 0.5) is 0 Å². The topological polar surface area (TPSA) is 46.3 Å². The maximum absolute atomic E-state index is 12.1. The van der Waals surface area contributed by atoms with E-state index in [1.165, 1.54) is 32.1 Å². The van der Waals surface area contributed by atoms with Gasteiger partial charge in [-0.05, 0) is 31.6 Å². The summed E-state index contributed by atoms with van der Waals surface area (Å²) in [5.41, 5.74) is 6.02. The Labute approximate surface area is 98.4 Å². The summed E-state index contributed by atoms with van der Waals surface area (Å²) in [7, 11) is 0. The second kappa shape index (κ2) is 5.67. The van der Waals surface area contributed by atoms with Crippen molar-refractivity contribution in [2.24, 2.45) is 11.7 Å². The first-order valence-corrected chi connectivity index (χ1v) is 6.81. The van der Waals surface area contributed by atoms with Crippen LogP contribution in [-0.4, -0.2) is 29.9 Å². The molecule has 1 saturated carbocycles. The molecule has 3 nitrogen and oxygen atoms in total. The second-order valence-corrected chi connectivity index (χ2v) is 5.35. The molecule has 92 valence electrons. The molecule has 2 N–H and O–H groups in total. The fourth-order valence-corrected chi connectivity index (χ4v) is 2.99. The van der Waals surface area contributed by atoms with E-state index in [1.54, 1.807) is 0 Å². The molecule has 0 aromatic carbocycles. The minimum absolute atomic E-state index is 0.274. The number of carbonyl (C=O) groups is 1. The van der Waals surface area contributed by atoms with Crippen molar-refractivity contribution >= 4 is 5.91 Å². The lowest BCUT2D eigenvalue weighted by molar-refractivity contribution is -0.132. The predicted molar refractivity (Wildman–Crippen MR) is 65.0 cm³/mol. The average molecular weight is 224 g/mol. The van der Waals surface area contributed by atoms with Crippen molar-refractivity contribution in [1.29, 1.82) is 0 Å². The first-order valence-electron chi connectivity index (χ1n) is 6.81. The third kappa shape index (κ3) is 2.97. The van der Waals surface area contributed by atoms with E-state index in [4.69, 9.17) is 5.73 Å². The number of hydrogen-bond acceptors (Lipinski definition) is 2. The number of hydrogen-bond donors (Lipinski definition) is 1. The van der Waals surface area contributed by atoms with Crippen LogP contribution in [-0.2, 0) is 4.79 Å². The van der Waals surface area contributed by atoms with E-state index in [9.17, 15) is 4.79 Å². The van der Waals surface area contributed by atoms with Gasteiger partial charge in [0.2, 0.25) is 5.91 Å². The van der Waals surface area contributed by atoms with Gasteiger partial charge in [0, 0.05) is 25.6 Å². The molecular formula is C13H24N2O. The second-order valence-electron chi connectivity index (χ2n) is 5.35. The first kappa shape index (κ1) is 11.9. The maximum atomic E-state index is 12.1. The van der Waals surface area contributed by atoms with Crippen molar-refractivity contribution in [1.82, 2.24) is 4.90 Å². The largest absolute Gasteiger partial charge is 0.343 e. The predicted octanol–water partition coefficient (Wildman–Crippen LogP) is 1.91. The zero-order valence-corrected chi connectivity index (χ0v) is 10.2. The third-order valence-corrected chi connectivity index (χ3v) is 4.11. The van der Waals surface area contributed by atoms with Crippen LogP contribution in [0.1, 0.15) is 51.4 Å². The molecule has 2 fully saturated rings. The van der Waals surface area contributed by atoms with E-state index >= 15 is 0 Å². The molecular weight excluding hydrogens is 200 g/mol. The zero-order chi connectivity index (χ0) is 11.4. The van der Waals surface area contributed by atoms with Crippen LogP contribution in [0, 0.1) is 5.92 Å². The van der Waals surface area contributed by atoms with Crippen molar-refractivity contribution < 1.29 is 4.79 Å². The van der Waals surface area contributed by atoms with Gasteiger partial charge in [-0.2, -0.15) is 0 Å². The van der Waals surface area contributed by atoms with Crippen LogP contribution in [0.25, 0.3) is 0 Å². The van der Waals surface area contributed by atoms with Gasteiger partial charge in [-0.15, -0.1) is 0 Å². The van der Waals surface area contributed by atoms with Crippen LogP contribution in [0.5, 0.6) is 0 Å². The lowest BCUT2D eigenvalue weighted by Crippen LogP contribution is -2.35. The number of nitrogens with two attached hydrogens (primary N) is 1. The number of carbonyl (C=O) groups excluding carboxylic acids is 1. The molecule has 2 atom stereocenters. The summed E-state index contributed by atoms with van der Waals surface area (Å²) < 4.78 is 0. The highest BCUT2D eigenvalue weighted by atomic mass is 16.2. The highest BCUT2D eigenvalue weighted by molar-refractivity contribution is 5.76. The van der Waals surface area contributed by atoms with Crippen molar-refractivity contribution in [2.45, 2.75) is 57.4 Å². The van der Waals surface area contributed by atoms with Gasteiger partial charge >= 0.3 is 0 Å². The molecule has 2 rings (SSSR count). The summed E-state index contributed by atoms with van der Waals surface area (Å²) in [6.45, 7) is 1.95. The summed E-state index contributed by atoms with van der Waals surface area (Å²) in [5, 5.41) is 0. The lowest BCUT2D eigenvalue weighted by atomic mass is 9.99. The van der Waals surface area contributed by atoms with Crippen LogP contribution in [0.15, 0.2) is 0 Å². The summed E-state index contributed by atoms with van der Waals surface area (Å²) in [4.78, 5) is 14.2. The molecule has 2 aliphatic rings. The van der Waals surface area contributed by atoms with Gasteiger partial charge in [-0.25, -0.2) is 0 Å². The number of rotatable bonds is 2. The van der Waals surface area contributed by atoms with Crippen LogP contribution >= 0.6 is 0 Å². The quantitative estimate of drug-likeness (QED) is 0.778. The molecule has 0 aromatic heterocycles. The Hall–Kier alpha value is -0.570. The fourth-order valence-electron chi connectivity index (χ4n) is 2.99. The smallest absolute Gasteiger partial charge is 0.222 e. The summed E-state index contributed by atoms with van der Waals surface area (Å²) in [6.07, 6.45) is 9.10. The van der Waals surface area contributed by atoms with Crippen molar-refractivity contribution in [2.75, 3.05) is 13.1 Å². The standard InChI is InChI=1S/C13H24N2O/c14-12-7-5-6-11(12)10-13(16)15-8-3-1-2-4-9-15/h11-12H,1-10,14H2/t11-,12+/m0/s1. The Morgan fingerprint density at radius 3 is 2.31 bits per heavy atom. The molecule has 1 saturated heterocycles. The van der Waals surface area contributed by atoms with Crippen molar-refractivity contribution in [3.63, 3.8) is 0 Å². The van der Waals surface area contributed by atoms with Gasteiger partial charge in [0.15, 0.2) is 0 Å². The Morgan fingerprint density at radius 1 is 1.06 bits per heavy atom. The SMILES string of the molecule is N[C@@H]1CCC[C@H]1CC(=O)N1CCCCCC1. The molecule has 0 unspecified atom stereocenters. The van der Waals surface area contributed by atoms with Gasteiger partial charge in [-0.3, -0.25) is 4.79 Å². The van der Waals surface area contributed by atoms with Gasteiger partial charge < -0.3 is 10.6 Å². The molecule has 3 heteroatoms. The minimum Gasteiger partial charge on any atom is -0.343 e. The normalized spacial score (nSPS) is 31.4. The number of nitrogens with zero attached hydrogens (tertiary/aromatic N) is 1. The number of likely N-dealkylation sites (tertiary alicyclic amines) is 1. The van der Waals surface area contributed by atoms with Crippen molar-refractivity contribution in [3.05, 3.63) is 0 Å². The molecule has 1 aliphatic carbocycles. The van der Waals surface area contributed by atoms with Gasteiger partial charge in [0.1, 0.15) is 0 Å². The Morgan fingerprint density at radius 2 is 1.75 bits per heavy atom. The van der Waals surface area contributed by atoms with Crippen LogP contribution in [0.3, 0.4) is 0 Å². The van der Waals surface area contributed by atoms with E-state index in [0.29, 0.717) is 18.2 Å². The van der Waals surface area contributed by atoms with Gasteiger partial charge in [0.05, 0.1) is 0 Å². The first-order chi connectivity index (χ1) is 7.77.